The molecule has 0 fully saturated rings. The number of esters is 2. The van der Waals surface area contributed by atoms with E-state index in [9.17, 15) is 22.8 Å². The van der Waals surface area contributed by atoms with Gasteiger partial charge in [-0.05, 0) is 31.6 Å². The normalized spacial score (nSPS) is 16.0. The molecule has 1 aromatic heterocycles. The van der Waals surface area contributed by atoms with E-state index in [1.165, 1.54) is 6.92 Å². The quantitative estimate of drug-likeness (QED) is 0.606. The van der Waals surface area contributed by atoms with E-state index in [0.29, 0.717) is 0 Å². The van der Waals surface area contributed by atoms with Gasteiger partial charge in [-0.25, -0.2) is 9.59 Å². The predicted molar refractivity (Wildman–Crippen MR) is 90.1 cm³/mol. The van der Waals surface area contributed by atoms with Crippen molar-refractivity contribution in [3.8, 4) is 0 Å². The molecule has 0 amide bonds. The number of rotatable bonds is 3. The molecule has 0 radical (unpaired) electrons. The second-order valence-electron chi connectivity index (χ2n) is 6.23. The third-order valence-corrected chi connectivity index (χ3v) is 4.52. The van der Waals surface area contributed by atoms with Crippen LogP contribution in [0.2, 0.25) is 0 Å². The number of ether oxygens (including phenoxy) is 1. The fraction of sp³-hybridized carbons (Fsp3) is 0.263. The van der Waals surface area contributed by atoms with Crippen molar-refractivity contribution < 1.29 is 27.5 Å². The summed E-state index contributed by atoms with van der Waals surface area (Å²) >= 11 is 0. The number of benzene rings is 1. The molecular weight excluding hydrogens is 347 g/mol. The summed E-state index contributed by atoms with van der Waals surface area (Å²) in [4.78, 5) is 23.6. The lowest BCUT2D eigenvalue weighted by atomic mass is 9.97. The highest BCUT2D eigenvalue weighted by atomic mass is 19.4. The second kappa shape index (κ2) is 6.16. The van der Waals surface area contributed by atoms with Gasteiger partial charge in [0.1, 0.15) is 0 Å². The second-order valence-corrected chi connectivity index (χ2v) is 6.23. The number of para-hydroxylation sites is 1. The fourth-order valence-electron chi connectivity index (χ4n) is 3.20. The summed E-state index contributed by atoms with van der Waals surface area (Å²) < 4.78 is 44.7. The van der Waals surface area contributed by atoms with Crippen LogP contribution in [0, 0.1) is 6.92 Å². The van der Waals surface area contributed by atoms with Gasteiger partial charge in [0.2, 0.25) is 0 Å². The van der Waals surface area contributed by atoms with E-state index in [4.69, 9.17) is 0 Å². The van der Waals surface area contributed by atoms with E-state index in [1.807, 2.05) is 42.8 Å². The van der Waals surface area contributed by atoms with Crippen molar-refractivity contribution in [2.24, 2.45) is 7.05 Å². The first-order chi connectivity index (χ1) is 12.1. The Labute approximate surface area is 147 Å². The zero-order chi connectivity index (χ0) is 19.2. The number of carbonyl (C=O) groups excluding carboxylic acids is 2. The summed E-state index contributed by atoms with van der Waals surface area (Å²) in [6.45, 7) is 3.38. The van der Waals surface area contributed by atoms with Gasteiger partial charge in [-0.3, -0.25) is 0 Å². The van der Waals surface area contributed by atoms with Crippen LogP contribution in [0.5, 0.6) is 0 Å². The Morgan fingerprint density at radius 2 is 1.85 bits per heavy atom. The number of aromatic nitrogens is 1. The summed E-state index contributed by atoms with van der Waals surface area (Å²) in [5.74, 6) is -2.27. The standard InChI is InChI=1S/C19H16F3NO3/c1-10(16-14(9-19(20,21)22)17(24)26-18(16)25)8-13-11(2)23(3)15-7-5-4-6-12(13)15/h4-8H,9H2,1-3H3/b10-8-. The van der Waals surface area contributed by atoms with E-state index in [2.05, 4.69) is 4.74 Å². The Morgan fingerprint density at radius 3 is 2.50 bits per heavy atom. The number of carbonyl (C=O) groups is 2. The highest BCUT2D eigenvalue weighted by Gasteiger charge is 2.41. The monoisotopic (exact) mass is 363 g/mol. The lowest BCUT2D eigenvalue weighted by Crippen LogP contribution is -2.13. The van der Waals surface area contributed by atoms with Crippen LogP contribution in [0.4, 0.5) is 13.2 Å². The van der Waals surface area contributed by atoms with Crippen molar-refractivity contribution in [2.75, 3.05) is 0 Å². The largest absolute Gasteiger partial charge is 0.393 e. The summed E-state index contributed by atoms with van der Waals surface area (Å²) in [7, 11) is 1.88. The van der Waals surface area contributed by atoms with Crippen molar-refractivity contribution >= 4 is 28.9 Å². The number of fused-ring (bicyclic) bond motifs is 1. The Kier molecular flexibility index (Phi) is 4.26. The molecule has 0 saturated carbocycles. The van der Waals surface area contributed by atoms with E-state index in [1.54, 1.807) is 6.08 Å². The summed E-state index contributed by atoms with van der Waals surface area (Å²) in [6.07, 6.45) is -4.48. The van der Waals surface area contributed by atoms with Gasteiger partial charge in [0.05, 0.1) is 17.6 Å². The molecule has 0 spiro atoms. The van der Waals surface area contributed by atoms with Crippen molar-refractivity contribution in [2.45, 2.75) is 26.4 Å². The molecule has 0 bridgehead atoms. The van der Waals surface area contributed by atoms with Crippen LogP contribution in [0.25, 0.3) is 17.0 Å². The summed E-state index contributed by atoms with van der Waals surface area (Å²) in [5.41, 5.74) is 1.94. The van der Waals surface area contributed by atoms with Gasteiger partial charge in [-0.2, -0.15) is 13.2 Å². The van der Waals surface area contributed by atoms with Crippen LogP contribution >= 0.6 is 0 Å². The Bertz CT molecular complexity index is 993. The van der Waals surface area contributed by atoms with Crippen LogP contribution in [0.15, 0.2) is 41.0 Å². The molecule has 0 saturated heterocycles. The minimum atomic E-state index is -4.61. The molecule has 1 aliphatic rings. The zero-order valence-electron chi connectivity index (χ0n) is 14.4. The maximum Gasteiger partial charge on any atom is 0.393 e. The number of hydrogen-bond donors (Lipinski definition) is 0. The maximum absolute atomic E-state index is 12.8. The molecule has 4 nitrogen and oxygen atoms in total. The Hall–Kier alpha value is -2.83. The summed E-state index contributed by atoms with van der Waals surface area (Å²) in [5, 5.41) is 0.905. The molecule has 7 heteroatoms. The Morgan fingerprint density at radius 1 is 1.19 bits per heavy atom. The first-order valence-corrected chi connectivity index (χ1v) is 7.89. The molecule has 2 aromatic rings. The average molecular weight is 363 g/mol. The minimum absolute atomic E-state index is 0.263. The number of alkyl halides is 3. The number of halogens is 3. The van der Waals surface area contributed by atoms with Gasteiger partial charge >= 0.3 is 18.1 Å². The van der Waals surface area contributed by atoms with Gasteiger partial charge < -0.3 is 9.30 Å². The van der Waals surface area contributed by atoms with Crippen LogP contribution in [0.1, 0.15) is 24.6 Å². The number of aryl methyl sites for hydroxylation is 1. The third kappa shape index (κ3) is 3.05. The van der Waals surface area contributed by atoms with E-state index in [-0.39, 0.29) is 11.1 Å². The molecule has 3 rings (SSSR count). The highest BCUT2D eigenvalue weighted by Crippen LogP contribution is 2.35. The molecule has 0 atom stereocenters. The van der Waals surface area contributed by atoms with Gasteiger partial charge in [-0.15, -0.1) is 0 Å². The first-order valence-electron chi connectivity index (χ1n) is 7.89. The van der Waals surface area contributed by atoms with E-state index in [0.717, 1.165) is 22.2 Å². The van der Waals surface area contributed by atoms with Gasteiger partial charge in [-0.1, -0.05) is 18.2 Å². The van der Waals surface area contributed by atoms with Crippen LogP contribution in [0.3, 0.4) is 0 Å². The molecule has 2 heterocycles. The van der Waals surface area contributed by atoms with E-state index < -0.39 is 30.1 Å². The molecule has 1 aliphatic heterocycles. The van der Waals surface area contributed by atoms with Gasteiger partial charge in [0.25, 0.3) is 0 Å². The lowest BCUT2D eigenvalue weighted by Gasteiger charge is -2.07. The highest BCUT2D eigenvalue weighted by molar-refractivity contribution is 6.15. The maximum atomic E-state index is 12.8. The van der Waals surface area contributed by atoms with E-state index >= 15 is 0 Å². The number of cyclic esters (lactones) is 2. The number of hydrogen-bond acceptors (Lipinski definition) is 3. The van der Waals surface area contributed by atoms with Gasteiger partial charge in [0.15, 0.2) is 0 Å². The molecule has 136 valence electrons. The number of nitrogens with zero attached hydrogens (tertiary/aromatic N) is 1. The third-order valence-electron chi connectivity index (χ3n) is 4.52. The first kappa shape index (κ1) is 18.0. The smallest absolute Gasteiger partial charge is 0.386 e. The van der Waals surface area contributed by atoms with Gasteiger partial charge in [0, 0.05) is 29.2 Å². The van der Waals surface area contributed by atoms with Crippen molar-refractivity contribution in [1.82, 2.24) is 4.57 Å². The Balaban J connectivity index is 2.16. The van der Waals surface area contributed by atoms with Crippen molar-refractivity contribution in [3.05, 3.63) is 52.2 Å². The molecule has 0 unspecified atom stereocenters. The molecule has 0 N–H and O–H groups in total. The van der Waals surface area contributed by atoms with Crippen LogP contribution in [-0.4, -0.2) is 22.7 Å². The zero-order valence-corrected chi connectivity index (χ0v) is 14.4. The molecule has 0 aliphatic carbocycles. The van der Waals surface area contributed by atoms with Crippen molar-refractivity contribution in [1.29, 1.82) is 0 Å². The molecular formula is C19H16F3NO3. The minimum Gasteiger partial charge on any atom is -0.386 e. The van der Waals surface area contributed by atoms with Crippen LogP contribution in [-0.2, 0) is 21.4 Å². The average Bonchev–Trinajstić information content (AvgIpc) is 2.95. The topological polar surface area (TPSA) is 48.3 Å². The molecule has 1 aromatic carbocycles. The fourth-order valence-corrected chi connectivity index (χ4v) is 3.20. The van der Waals surface area contributed by atoms with Crippen LogP contribution < -0.4 is 0 Å². The van der Waals surface area contributed by atoms with Crippen molar-refractivity contribution in [3.63, 3.8) is 0 Å². The molecule has 26 heavy (non-hydrogen) atoms. The lowest BCUT2D eigenvalue weighted by molar-refractivity contribution is -0.154. The SMILES string of the molecule is C/C(=C/c1c(C)n(C)c2ccccc12)C1=C(CC(F)(F)F)C(=O)OC1=O. The summed E-state index contributed by atoms with van der Waals surface area (Å²) in [6, 6.07) is 7.57. The predicted octanol–water partition coefficient (Wildman–Crippen LogP) is 4.22.